The predicted molar refractivity (Wildman–Crippen MR) is 155 cm³/mol. The number of aryl methyl sites for hydroxylation is 1. The highest BCUT2D eigenvalue weighted by atomic mass is 35.5. The van der Waals surface area contributed by atoms with E-state index in [1.54, 1.807) is 49.1 Å². The summed E-state index contributed by atoms with van der Waals surface area (Å²) in [4.78, 5) is 35.7. The summed E-state index contributed by atoms with van der Waals surface area (Å²) in [5, 5.41) is 15.6. The number of amides is 1. The van der Waals surface area contributed by atoms with Crippen molar-refractivity contribution in [2.24, 2.45) is 13.0 Å². The Morgan fingerprint density at radius 3 is 2.67 bits per heavy atom. The van der Waals surface area contributed by atoms with Crippen LogP contribution in [0.15, 0.2) is 66.1 Å². The third kappa shape index (κ3) is 5.19. The first-order valence-electron chi connectivity index (χ1n) is 13.1. The Morgan fingerprint density at radius 2 is 1.90 bits per heavy atom. The second kappa shape index (κ2) is 11.1. The van der Waals surface area contributed by atoms with Gasteiger partial charge in [-0.25, -0.2) is 14.1 Å². The Hall–Kier alpha value is -4.42. The summed E-state index contributed by atoms with van der Waals surface area (Å²) in [6.07, 6.45) is 4.86. The lowest BCUT2D eigenvalue weighted by Crippen LogP contribution is -2.31. The van der Waals surface area contributed by atoms with E-state index in [-0.39, 0.29) is 23.6 Å². The highest BCUT2D eigenvalue weighted by molar-refractivity contribution is 6.31. The zero-order valence-electron chi connectivity index (χ0n) is 22.4. The second-order valence-electron chi connectivity index (χ2n) is 10.1. The highest BCUT2D eigenvalue weighted by Gasteiger charge is 2.29. The molecule has 1 amide bonds. The number of fused-ring (bicyclic) bond motifs is 4. The molecular formula is C28H24Cl2FN9O2. The van der Waals surface area contributed by atoms with Gasteiger partial charge in [-0.3, -0.25) is 23.8 Å². The van der Waals surface area contributed by atoms with Crippen LogP contribution in [0.5, 0.6) is 0 Å². The summed E-state index contributed by atoms with van der Waals surface area (Å²) in [5.74, 6) is -1.37. The third-order valence-corrected chi connectivity index (χ3v) is 7.79. The second-order valence-corrected chi connectivity index (χ2v) is 10.9. The number of anilines is 1. The molecule has 1 aliphatic heterocycles. The molecule has 0 aliphatic carbocycles. The number of nitrogens with one attached hydrogen (secondary N) is 1. The van der Waals surface area contributed by atoms with Gasteiger partial charge in [0, 0.05) is 35.5 Å². The van der Waals surface area contributed by atoms with Crippen molar-refractivity contribution in [3.63, 3.8) is 0 Å². The average molecular weight is 608 g/mol. The van der Waals surface area contributed by atoms with Crippen molar-refractivity contribution in [2.45, 2.75) is 32.0 Å². The number of alkyl halides is 1. The quantitative estimate of drug-likeness (QED) is 0.309. The zero-order chi connectivity index (χ0) is 29.5. The maximum Gasteiger partial charge on any atom is 0.254 e. The molecule has 0 spiro atoms. The van der Waals surface area contributed by atoms with E-state index >= 15 is 4.39 Å². The van der Waals surface area contributed by atoms with Gasteiger partial charge in [0.05, 0.1) is 59.1 Å². The molecule has 5 aromatic rings. The molecule has 3 atom stereocenters. The molecule has 4 aromatic heterocycles. The Balaban J connectivity index is 1.45. The highest BCUT2D eigenvalue weighted by Crippen LogP contribution is 2.33. The number of nitrogens with zero attached hydrogens (tertiary/aromatic N) is 8. The maximum absolute atomic E-state index is 15.3. The minimum absolute atomic E-state index is 0.0186. The molecule has 0 saturated heterocycles. The topological polar surface area (TPSA) is 125 Å². The van der Waals surface area contributed by atoms with E-state index in [0.29, 0.717) is 39.0 Å². The lowest BCUT2D eigenvalue weighted by molar-refractivity contribution is -0.121. The van der Waals surface area contributed by atoms with Crippen LogP contribution < -0.4 is 10.9 Å². The van der Waals surface area contributed by atoms with Crippen molar-refractivity contribution >= 4 is 34.8 Å². The van der Waals surface area contributed by atoms with Crippen LogP contribution in [0.2, 0.25) is 10.2 Å². The van der Waals surface area contributed by atoms with E-state index in [9.17, 15) is 9.59 Å². The van der Waals surface area contributed by atoms with Crippen molar-refractivity contribution in [1.29, 1.82) is 0 Å². The first-order chi connectivity index (χ1) is 20.2. The number of benzene rings is 1. The van der Waals surface area contributed by atoms with Crippen LogP contribution in [-0.4, -0.2) is 51.4 Å². The van der Waals surface area contributed by atoms with Crippen LogP contribution in [0.4, 0.5) is 10.1 Å². The van der Waals surface area contributed by atoms with Gasteiger partial charge in [-0.2, -0.15) is 5.10 Å². The van der Waals surface area contributed by atoms with Gasteiger partial charge in [-0.1, -0.05) is 35.3 Å². The van der Waals surface area contributed by atoms with E-state index in [0.717, 1.165) is 5.56 Å². The van der Waals surface area contributed by atoms with Gasteiger partial charge < -0.3 is 5.32 Å². The van der Waals surface area contributed by atoms with E-state index < -0.39 is 24.0 Å². The zero-order valence-corrected chi connectivity index (χ0v) is 24.0. The number of aromatic nitrogens is 8. The van der Waals surface area contributed by atoms with Crippen LogP contribution >= 0.6 is 23.2 Å². The molecule has 0 radical (unpaired) electrons. The molecule has 1 N–H and O–H groups in total. The summed E-state index contributed by atoms with van der Waals surface area (Å²) in [6, 6.07) is 9.42. The van der Waals surface area contributed by atoms with Crippen molar-refractivity contribution in [1.82, 2.24) is 39.3 Å². The molecule has 42 heavy (non-hydrogen) atoms. The minimum Gasteiger partial charge on any atom is -0.323 e. The Morgan fingerprint density at radius 1 is 1.07 bits per heavy atom. The SMILES string of the molecule is CC1C(=O)Nc2cnn(C)c2-c2ccnc(c2)C(n2cnc(-c3cc(Cl)ccc3-n3cc(Cl)nn3)cc2=O)CCC1F. The Kier molecular flexibility index (Phi) is 7.33. The fourth-order valence-corrected chi connectivity index (χ4v) is 5.42. The van der Waals surface area contributed by atoms with Crippen LogP contribution in [0.1, 0.15) is 31.5 Å². The number of rotatable bonds is 3. The number of hydrogen-bond acceptors (Lipinski definition) is 7. The third-order valence-electron chi connectivity index (χ3n) is 7.38. The van der Waals surface area contributed by atoms with Gasteiger partial charge in [0.2, 0.25) is 5.91 Å². The largest absolute Gasteiger partial charge is 0.323 e. The molecule has 1 aliphatic rings. The monoisotopic (exact) mass is 607 g/mol. The molecule has 5 heterocycles. The molecule has 0 fully saturated rings. The average Bonchev–Trinajstić information content (AvgIpc) is 3.57. The number of carbonyl (C=O) groups is 1. The van der Waals surface area contributed by atoms with E-state index in [1.807, 2.05) is 6.07 Å². The lowest BCUT2D eigenvalue weighted by atomic mass is 9.95. The maximum atomic E-state index is 15.3. The standard InChI is InChI=1S/C28H24Cl2FN9O2/c1-15-19(31)4-6-24(21-9-16(7-8-32-21)27-22(35-28(15)42)12-34-38(27)2)39-14-33-20(11-26(39)41)18-10-17(29)3-5-23(18)40-13-25(30)36-37-40/h3,5,7-15,19,24H,4,6H2,1-2H3,(H,35,42). The fourth-order valence-electron chi connectivity index (χ4n) is 5.12. The fraction of sp³-hybridized carbons (Fsp3) is 0.250. The summed E-state index contributed by atoms with van der Waals surface area (Å²) in [7, 11) is 1.75. The van der Waals surface area contributed by atoms with Gasteiger partial charge in [0.15, 0.2) is 5.15 Å². The van der Waals surface area contributed by atoms with E-state index in [4.69, 9.17) is 23.2 Å². The van der Waals surface area contributed by atoms with Crippen LogP contribution in [-0.2, 0) is 11.8 Å². The number of halogens is 3. The van der Waals surface area contributed by atoms with Crippen molar-refractivity contribution in [2.75, 3.05) is 5.32 Å². The lowest BCUT2D eigenvalue weighted by Gasteiger charge is -2.24. The summed E-state index contributed by atoms with van der Waals surface area (Å²) < 4.78 is 19.9. The van der Waals surface area contributed by atoms with Crippen molar-refractivity contribution in [3.05, 3.63) is 87.5 Å². The molecular weight excluding hydrogens is 584 g/mol. The molecule has 0 saturated carbocycles. The van der Waals surface area contributed by atoms with Crippen LogP contribution in [0, 0.1) is 5.92 Å². The molecule has 14 heteroatoms. The minimum atomic E-state index is -1.46. The number of carbonyl (C=O) groups excluding carboxylic acids is 1. The van der Waals surface area contributed by atoms with Crippen LogP contribution in [0.3, 0.4) is 0 Å². The number of pyridine rings is 1. The van der Waals surface area contributed by atoms with Crippen LogP contribution in [0.25, 0.3) is 28.2 Å². The first kappa shape index (κ1) is 27.7. The van der Waals surface area contributed by atoms with Gasteiger partial charge in [0.25, 0.3) is 5.56 Å². The van der Waals surface area contributed by atoms with Crippen molar-refractivity contribution < 1.29 is 9.18 Å². The van der Waals surface area contributed by atoms with Gasteiger partial charge in [-0.05, 0) is 43.2 Å². The van der Waals surface area contributed by atoms with Crippen molar-refractivity contribution in [3.8, 4) is 28.2 Å². The summed E-state index contributed by atoms with van der Waals surface area (Å²) in [6.45, 7) is 1.54. The first-order valence-corrected chi connectivity index (χ1v) is 13.8. The van der Waals surface area contributed by atoms with E-state index in [1.165, 1.54) is 34.0 Å². The normalized spacial score (nSPS) is 19.0. The van der Waals surface area contributed by atoms with E-state index in [2.05, 4.69) is 30.7 Å². The van der Waals surface area contributed by atoms with Gasteiger partial charge in [0.1, 0.15) is 6.17 Å². The molecule has 11 nitrogen and oxygen atoms in total. The Bertz CT molecular complexity index is 1870. The smallest absolute Gasteiger partial charge is 0.254 e. The molecule has 1 aromatic carbocycles. The number of hydrogen-bond donors (Lipinski definition) is 1. The molecule has 6 rings (SSSR count). The molecule has 3 unspecified atom stereocenters. The predicted octanol–water partition coefficient (Wildman–Crippen LogP) is 4.89. The molecule has 2 bridgehead atoms. The summed E-state index contributed by atoms with van der Waals surface area (Å²) in [5.41, 5.74) is 3.46. The van der Waals surface area contributed by atoms with Gasteiger partial charge >= 0.3 is 0 Å². The van der Waals surface area contributed by atoms with Gasteiger partial charge in [-0.15, -0.1) is 5.10 Å². The Labute approximate surface area is 248 Å². The molecule has 214 valence electrons. The summed E-state index contributed by atoms with van der Waals surface area (Å²) >= 11 is 12.3.